The van der Waals surface area contributed by atoms with E-state index in [1.807, 2.05) is 34.7 Å². The van der Waals surface area contributed by atoms with E-state index in [-0.39, 0.29) is 11.7 Å². The van der Waals surface area contributed by atoms with Crippen molar-refractivity contribution < 1.29 is 14.5 Å². The maximum absolute atomic E-state index is 11.6. The van der Waals surface area contributed by atoms with Crippen LogP contribution in [0, 0.1) is 13.7 Å². The second-order valence-corrected chi connectivity index (χ2v) is 6.53. The van der Waals surface area contributed by atoms with E-state index in [2.05, 4.69) is 0 Å². The Kier molecular flexibility index (Phi) is 5.78. The van der Waals surface area contributed by atoms with Gasteiger partial charge in [0.25, 0.3) is 5.69 Å². The number of esters is 1. The van der Waals surface area contributed by atoms with Crippen molar-refractivity contribution in [3.8, 4) is 0 Å². The van der Waals surface area contributed by atoms with Gasteiger partial charge in [0.1, 0.15) is 0 Å². The number of halogens is 1. The molecule has 7 heteroatoms. The number of nitro groups is 1. The number of rotatable bonds is 5. The quantitative estimate of drug-likeness (QED) is 0.303. The number of carbonyl (C=O) groups excluding carboxylic acids is 1. The molecule has 0 aliphatic rings. The van der Waals surface area contributed by atoms with E-state index < -0.39 is 4.92 Å². The molecule has 0 aliphatic heterocycles. The van der Waals surface area contributed by atoms with Crippen LogP contribution < -0.4 is 0 Å². The van der Waals surface area contributed by atoms with Crippen molar-refractivity contribution >= 4 is 46.0 Å². The zero-order valence-electron chi connectivity index (χ0n) is 11.6. The molecule has 0 atom stereocenters. The van der Waals surface area contributed by atoms with Crippen molar-refractivity contribution in [3.63, 3.8) is 0 Å². The smallest absolute Gasteiger partial charge is 0.338 e. The molecule has 0 spiro atoms. The van der Waals surface area contributed by atoms with Crippen molar-refractivity contribution in [3.05, 3.63) is 61.7 Å². The summed E-state index contributed by atoms with van der Waals surface area (Å²) >= 11 is 3.43. The average molecular weight is 429 g/mol. The lowest BCUT2D eigenvalue weighted by atomic mass is 10.2. The minimum absolute atomic E-state index is 0.0996. The number of nitro benzene ring substituents is 1. The molecule has 0 bridgehead atoms. The van der Waals surface area contributed by atoms with Crippen LogP contribution in [0.15, 0.2) is 52.3 Å². The number of benzene rings is 2. The fourth-order valence-corrected chi connectivity index (χ4v) is 3.49. The van der Waals surface area contributed by atoms with E-state index in [0.29, 0.717) is 15.7 Å². The summed E-state index contributed by atoms with van der Waals surface area (Å²) in [5, 5.41) is 10.8. The summed E-state index contributed by atoms with van der Waals surface area (Å²) in [5.41, 5.74) is 0.604. The Labute approximate surface area is 145 Å². The first-order valence-corrected chi connectivity index (χ1v) is 8.29. The Hall–Kier alpha value is -1.61. The number of nitrogens with zero attached hydrogens (tertiary/aromatic N) is 1. The third-order valence-electron chi connectivity index (χ3n) is 2.72. The third-order valence-corrected chi connectivity index (χ3v) is 4.58. The summed E-state index contributed by atoms with van der Waals surface area (Å²) in [6, 6.07) is 12.0. The summed E-state index contributed by atoms with van der Waals surface area (Å²) in [6.07, 6.45) is 0. The highest BCUT2D eigenvalue weighted by atomic mass is 127. The van der Waals surface area contributed by atoms with Crippen LogP contribution in [0.2, 0.25) is 0 Å². The van der Waals surface area contributed by atoms with Gasteiger partial charge >= 0.3 is 5.97 Å². The first-order valence-electron chi connectivity index (χ1n) is 6.40. The SMILES string of the molecule is CCOC(=O)c1ccc(Sc2ccc([N+](=O)[O-])c(I)c2)cc1. The molecule has 0 aromatic heterocycles. The van der Waals surface area contributed by atoms with Crippen LogP contribution in [0.25, 0.3) is 0 Å². The van der Waals surface area contributed by atoms with Gasteiger partial charge in [0.2, 0.25) is 0 Å². The van der Waals surface area contributed by atoms with Crippen molar-refractivity contribution in [1.29, 1.82) is 0 Å². The van der Waals surface area contributed by atoms with Gasteiger partial charge in [-0.25, -0.2) is 4.79 Å². The molecule has 0 fully saturated rings. The maximum atomic E-state index is 11.6. The van der Waals surface area contributed by atoms with Gasteiger partial charge in [-0.15, -0.1) is 0 Å². The van der Waals surface area contributed by atoms with Gasteiger partial charge in [-0.3, -0.25) is 10.1 Å². The molecule has 0 saturated heterocycles. The largest absolute Gasteiger partial charge is 0.462 e. The minimum atomic E-state index is -0.398. The van der Waals surface area contributed by atoms with E-state index in [9.17, 15) is 14.9 Å². The highest BCUT2D eigenvalue weighted by Crippen LogP contribution is 2.32. The van der Waals surface area contributed by atoms with Crippen molar-refractivity contribution in [1.82, 2.24) is 0 Å². The van der Waals surface area contributed by atoms with E-state index in [0.717, 1.165) is 9.79 Å². The Morgan fingerprint density at radius 3 is 2.41 bits per heavy atom. The molecule has 2 aromatic carbocycles. The number of hydrogen-bond acceptors (Lipinski definition) is 5. The Morgan fingerprint density at radius 2 is 1.86 bits per heavy atom. The molecule has 0 saturated carbocycles. The molecule has 2 rings (SSSR count). The molecule has 0 unspecified atom stereocenters. The van der Waals surface area contributed by atoms with E-state index in [4.69, 9.17) is 4.74 Å². The van der Waals surface area contributed by atoms with Gasteiger partial charge in [0, 0.05) is 15.9 Å². The number of hydrogen-bond donors (Lipinski definition) is 0. The van der Waals surface area contributed by atoms with Crippen LogP contribution in [-0.4, -0.2) is 17.5 Å². The second-order valence-electron chi connectivity index (χ2n) is 4.22. The Morgan fingerprint density at radius 1 is 1.23 bits per heavy atom. The lowest BCUT2D eigenvalue weighted by Crippen LogP contribution is -2.03. The number of carbonyl (C=O) groups is 1. The molecule has 0 amide bonds. The fraction of sp³-hybridized carbons (Fsp3) is 0.133. The number of ether oxygens (including phenoxy) is 1. The van der Waals surface area contributed by atoms with E-state index in [1.165, 1.54) is 17.8 Å². The molecular weight excluding hydrogens is 417 g/mol. The van der Waals surface area contributed by atoms with Gasteiger partial charge in [0.15, 0.2) is 0 Å². The first kappa shape index (κ1) is 16.8. The predicted molar refractivity (Wildman–Crippen MR) is 92.3 cm³/mol. The lowest BCUT2D eigenvalue weighted by Gasteiger charge is -2.05. The molecule has 0 aliphatic carbocycles. The first-order chi connectivity index (χ1) is 10.5. The molecule has 2 aromatic rings. The zero-order valence-corrected chi connectivity index (χ0v) is 14.6. The summed E-state index contributed by atoms with van der Waals surface area (Å²) in [7, 11) is 0. The van der Waals surface area contributed by atoms with Crippen molar-refractivity contribution in [2.75, 3.05) is 6.61 Å². The summed E-state index contributed by atoms with van der Waals surface area (Å²) < 4.78 is 5.52. The molecule has 114 valence electrons. The van der Waals surface area contributed by atoms with Crippen LogP contribution in [0.3, 0.4) is 0 Å². The highest BCUT2D eigenvalue weighted by Gasteiger charge is 2.12. The van der Waals surface area contributed by atoms with Gasteiger partial charge in [-0.2, -0.15) is 0 Å². The second kappa shape index (κ2) is 7.59. The highest BCUT2D eigenvalue weighted by molar-refractivity contribution is 14.1. The fourth-order valence-electron chi connectivity index (χ4n) is 1.71. The molecule has 0 N–H and O–H groups in total. The van der Waals surface area contributed by atoms with Crippen LogP contribution >= 0.6 is 34.4 Å². The molecule has 0 heterocycles. The normalized spacial score (nSPS) is 10.3. The molecule has 5 nitrogen and oxygen atoms in total. The Balaban J connectivity index is 2.12. The molecular formula is C15H12INO4S. The zero-order chi connectivity index (χ0) is 16.1. The van der Waals surface area contributed by atoms with Crippen LogP contribution in [-0.2, 0) is 4.74 Å². The van der Waals surface area contributed by atoms with E-state index in [1.54, 1.807) is 31.2 Å². The van der Waals surface area contributed by atoms with Gasteiger partial charge in [-0.05, 0) is 65.9 Å². The third kappa shape index (κ3) is 4.20. The van der Waals surface area contributed by atoms with Crippen LogP contribution in [0.5, 0.6) is 0 Å². The summed E-state index contributed by atoms with van der Waals surface area (Å²) in [4.78, 5) is 23.8. The van der Waals surface area contributed by atoms with E-state index >= 15 is 0 Å². The van der Waals surface area contributed by atoms with Gasteiger partial charge in [0.05, 0.1) is 20.7 Å². The molecule has 0 radical (unpaired) electrons. The van der Waals surface area contributed by atoms with Crippen LogP contribution in [0.1, 0.15) is 17.3 Å². The van der Waals surface area contributed by atoms with Crippen molar-refractivity contribution in [2.24, 2.45) is 0 Å². The lowest BCUT2D eigenvalue weighted by molar-refractivity contribution is -0.385. The predicted octanol–water partition coefficient (Wildman–Crippen LogP) is 4.53. The van der Waals surface area contributed by atoms with Gasteiger partial charge in [-0.1, -0.05) is 11.8 Å². The molecule has 22 heavy (non-hydrogen) atoms. The van der Waals surface area contributed by atoms with Crippen molar-refractivity contribution in [2.45, 2.75) is 16.7 Å². The maximum Gasteiger partial charge on any atom is 0.338 e. The summed E-state index contributed by atoms with van der Waals surface area (Å²) in [6.45, 7) is 2.11. The van der Waals surface area contributed by atoms with Crippen LogP contribution in [0.4, 0.5) is 5.69 Å². The van der Waals surface area contributed by atoms with Gasteiger partial charge < -0.3 is 4.74 Å². The topological polar surface area (TPSA) is 69.4 Å². The standard InChI is InChI=1S/C15H12INO4S/c1-2-21-15(18)10-3-5-11(6-4-10)22-12-7-8-14(17(19)20)13(16)9-12/h3-9H,2H2,1H3. The Bertz CT molecular complexity index is 703. The summed E-state index contributed by atoms with van der Waals surface area (Å²) in [5.74, 6) is -0.344. The average Bonchev–Trinajstić information content (AvgIpc) is 2.48. The monoisotopic (exact) mass is 429 g/mol. The minimum Gasteiger partial charge on any atom is -0.462 e.